The maximum absolute atomic E-state index is 12.7. The first-order valence-corrected chi connectivity index (χ1v) is 8.90. The largest absolute Gasteiger partial charge is 0.342 e. The predicted molar refractivity (Wildman–Crippen MR) is 85.1 cm³/mol. The first kappa shape index (κ1) is 15.3. The highest BCUT2D eigenvalue weighted by atomic mass is 16.2. The van der Waals surface area contributed by atoms with Crippen LogP contribution in [0.1, 0.15) is 39.5 Å². The van der Waals surface area contributed by atoms with Crippen molar-refractivity contribution < 1.29 is 4.79 Å². The van der Waals surface area contributed by atoms with Crippen LogP contribution < -0.4 is 5.32 Å². The van der Waals surface area contributed by atoms with Gasteiger partial charge in [0.15, 0.2) is 0 Å². The molecule has 1 amide bonds. The number of nitrogens with one attached hydrogen (secondary N) is 1. The highest BCUT2D eigenvalue weighted by molar-refractivity contribution is 5.83. The Morgan fingerprint density at radius 1 is 1.29 bits per heavy atom. The van der Waals surface area contributed by atoms with Gasteiger partial charge in [0.25, 0.3) is 0 Å². The smallest absolute Gasteiger partial charge is 0.226 e. The van der Waals surface area contributed by atoms with Crippen LogP contribution in [0.3, 0.4) is 0 Å². The van der Waals surface area contributed by atoms with Gasteiger partial charge in [-0.3, -0.25) is 4.79 Å². The fourth-order valence-electron chi connectivity index (χ4n) is 4.42. The van der Waals surface area contributed by atoms with Crippen molar-refractivity contribution in [2.75, 3.05) is 45.8 Å². The summed E-state index contributed by atoms with van der Waals surface area (Å²) in [6.45, 7) is 12.1. The molecule has 21 heavy (non-hydrogen) atoms. The second-order valence-corrected chi connectivity index (χ2v) is 7.29. The molecule has 2 heterocycles. The second-order valence-electron chi connectivity index (χ2n) is 7.29. The van der Waals surface area contributed by atoms with Crippen molar-refractivity contribution in [1.82, 2.24) is 15.1 Å². The molecule has 0 bridgehead atoms. The minimum absolute atomic E-state index is 0.354. The normalized spacial score (nSPS) is 31.1. The molecule has 3 fully saturated rings. The highest BCUT2D eigenvalue weighted by Gasteiger charge is 2.58. The molecule has 0 aromatic carbocycles. The Kier molecular flexibility index (Phi) is 4.55. The Hall–Kier alpha value is -0.610. The molecular weight excluding hydrogens is 262 g/mol. The van der Waals surface area contributed by atoms with E-state index in [9.17, 15) is 4.79 Å². The van der Waals surface area contributed by atoms with E-state index in [1.54, 1.807) is 0 Å². The van der Waals surface area contributed by atoms with Gasteiger partial charge in [0, 0.05) is 25.6 Å². The molecule has 1 saturated carbocycles. The quantitative estimate of drug-likeness (QED) is 0.836. The molecule has 0 aromatic heterocycles. The molecule has 3 aliphatic rings. The summed E-state index contributed by atoms with van der Waals surface area (Å²) < 4.78 is 0. The minimum Gasteiger partial charge on any atom is -0.342 e. The van der Waals surface area contributed by atoms with Gasteiger partial charge in [-0.1, -0.05) is 13.8 Å². The summed E-state index contributed by atoms with van der Waals surface area (Å²) in [4.78, 5) is 17.4. The molecular formula is C17H31N3O. The summed E-state index contributed by atoms with van der Waals surface area (Å²) in [6.07, 6.45) is 4.77. The van der Waals surface area contributed by atoms with Crippen molar-refractivity contribution in [3.63, 3.8) is 0 Å². The Morgan fingerprint density at radius 2 is 2.00 bits per heavy atom. The Bertz CT molecular complexity index is 374. The van der Waals surface area contributed by atoms with Crippen LogP contribution in [0.25, 0.3) is 0 Å². The average Bonchev–Trinajstić information content (AvgIpc) is 2.99. The zero-order chi connectivity index (χ0) is 14.9. The third kappa shape index (κ3) is 3.11. The van der Waals surface area contributed by atoms with Gasteiger partial charge in [0.2, 0.25) is 5.91 Å². The van der Waals surface area contributed by atoms with Crippen LogP contribution in [-0.4, -0.2) is 61.5 Å². The van der Waals surface area contributed by atoms with E-state index in [1.807, 2.05) is 0 Å². The third-order valence-electron chi connectivity index (χ3n) is 6.10. The Labute approximate surface area is 129 Å². The summed E-state index contributed by atoms with van der Waals surface area (Å²) in [5.41, 5.74) is 0.388. The number of nitrogens with zero attached hydrogens (tertiary/aromatic N) is 2. The summed E-state index contributed by atoms with van der Waals surface area (Å²) in [5.74, 6) is 1.52. The summed E-state index contributed by atoms with van der Waals surface area (Å²) in [7, 11) is 0. The molecule has 2 aliphatic heterocycles. The van der Waals surface area contributed by atoms with Gasteiger partial charge in [-0.25, -0.2) is 0 Å². The molecule has 1 N–H and O–H groups in total. The number of likely N-dealkylation sites (tertiary alicyclic amines) is 1. The van der Waals surface area contributed by atoms with Crippen molar-refractivity contribution in [3.8, 4) is 0 Å². The van der Waals surface area contributed by atoms with Crippen LogP contribution in [0.15, 0.2) is 0 Å². The zero-order valence-electron chi connectivity index (χ0n) is 13.7. The van der Waals surface area contributed by atoms with E-state index in [0.717, 1.165) is 52.2 Å². The highest BCUT2D eigenvalue weighted by Crippen LogP contribution is 2.59. The van der Waals surface area contributed by atoms with Gasteiger partial charge in [-0.15, -0.1) is 0 Å². The zero-order valence-corrected chi connectivity index (χ0v) is 13.7. The van der Waals surface area contributed by atoms with Gasteiger partial charge in [0.05, 0.1) is 0 Å². The van der Waals surface area contributed by atoms with Crippen molar-refractivity contribution in [2.24, 2.45) is 17.3 Å². The van der Waals surface area contributed by atoms with E-state index < -0.39 is 0 Å². The Balaban J connectivity index is 1.49. The van der Waals surface area contributed by atoms with E-state index in [4.69, 9.17) is 0 Å². The van der Waals surface area contributed by atoms with Crippen LogP contribution in [0.5, 0.6) is 0 Å². The second kappa shape index (κ2) is 6.25. The lowest BCUT2D eigenvalue weighted by molar-refractivity contribution is -0.132. The topological polar surface area (TPSA) is 35.6 Å². The van der Waals surface area contributed by atoms with Crippen LogP contribution >= 0.6 is 0 Å². The van der Waals surface area contributed by atoms with Crippen LogP contribution in [0.4, 0.5) is 0 Å². The van der Waals surface area contributed by atoms with Crippen LogP contribution in [0.2, 0.25) is 0 Å². The van der Waals surface area contributed by atoms with Gasteiger partial charge in [-0.2, -0.15) is 0 Å². The van der Waals surface area contributed by atoms with Crippen molar-refractivity contribution in [1.29, 1.82) is 0 Å². The lowest BCUT2D eigenvalue weighted by atomic mass is 9.91. The molecule has 4 heteroatoms. The molecule has 4 nitrogen and oxygen atoms in total. The van der Waals surface area contributed by atoms with Crippen molar-refractivity contribution >= 4 is 5.91 Å². The van der Waals surface area contributed by atoms with Crippen molar-refractivity contribution in [3.05, 3.63) is 0 Å². The maximum atomic E-state index is 12.7. The average molecular weight is 293 g/mol. The van der Waals surface area contributed by atoms with Gasteiger partial charge < -0.3 is 15.1 Å². The van der Waals surface area contributed by atoms with E-state index >= 15 is 0 Å². The molecule has 120 valence electrons. The van der Waals surface area contributed by atoms with E-state index in [1.165, 1.54) is 19.3 Å². The fourth-order valence-corrected chi connectivity index (χ4v) is 4.42. The van der Waals surface area contributed by atoms with Crippen LogP contribution in [-0.2, 0) is 4.79 Å². The van der Waals surface area contributed by atoms with E-state index in [0.29, 0.717) is 23.2 Å². The fraction of sp³-hybridized carbons (Fsp3) is 0.941. The number of hydrogen-bond acceptors (Lipinski definition) is 3. The SMILES string of the molecule is CCN(CC)CC1CCN(C(=O)C2CC23CCNCC3)C1. The molecule has 2 atom stereocenters. The van der Waals surface area contributed by atoms with Crippen LogP contribution in [0, 0.1) is 17.3 Å². The maximum Gasteiger partial charge on any atom is 0.226 e. The molecule has 2 saturated heterocycles. The molecule has 3 rings (SSSR count). The standard InChI is InChI=1S/C17H31N3O/c1-3-19(4-2)12-14-5-10-20(13-14)16(21)15-11-17(15)6-8-18-9-7-17/h14-15,18H,3-13H2,1-2H3. The van der Waals surface area contributed by atoms with Crippen molar-refractivity contribution in [2.45, 2.75) is 39.5 Å². The first-order valence-electron chi connectivity index (χ1n) is 8.90. The monoisotopic (exact) mass is 293 g/mol. The number of carbonyl (C=O) groups excluding carboxylic acids is 1. The number of carbonyl (C=O) groups is 1. The minimum atomic E-state index is 0.354. The summed E-state index contributed by atoms with van der Waals surface area (Å²) >= 11 is 0. The van der Waals surface area contributed by atoms with E-state index in [2.05, 4.69) is 29.0 Å². The number of hydrogen-bond donors (Lipinski definition) is 1. The lowest BCUT2D eigenvalue weighted by Crippen LogP contribution is -2.36. The molecule has 1 aliphatic carbocycles. The van der Waals surface area contributed by atoms with Gasteiger partial charge in [-0.05, 0) is 63.2 Å². The predicted octanol–water partition coefficient (Wildman–Crippen LogP) is 1.57. The summed E-state index contributed by atoms with van der Waals surface area (Å²) in [5, 5.41) is 3.42. The Morgan fingerprint density at radius 3 is 2.67 bits per heavy atom. The number of rotatable bonds is 5. The first-order chi connectivity index (χ1) is 10.2. The summed E-state index contributed by atoms with van der Waals surface area (Å²) in [6, 6.07) is 0. The molecule has 0 aromatic rings. The number of piperidine rings is 1. The molecule has 1 spiro atoms. The molecule has 0 radical (unpaired) electrons. The van der Waals surface area contributed by atoms with E-state index in [-0.39, 0.29) is 0 Å². The molecule has 2 unspecified atom stereocenters. The number of amides is 1. The third-order valence-corrected chi connectivity index (χ3v) is 6.10. The van der Waals surface area contributed by atoms with Gasteiger partial charge in [0.1, 0.15) is 0 Å². The lowest BCUT2D eigenvalue weighted by Gasteiger charge is -2.25. The van der Waals surface area contributed by atoms with Gasteiger partial charge >= 0.3 is 0 Å².